The maximum Gasteiger partial charge on any atom is 0.0626 e. The minimum atomic E-state index is -0.0178. The Bertz CT molecular complexity index is 540. The van der Waals surface area contributed by atoms with Gasteiger partial charge in [0.25, 0.3) is 0 Å². The van der Waals surface area contributed by atoms with Gasteiger partial charge in [-0.25, -0.2) is 0 Å². The zero-order valence-electron chi connectivity index (χ0n) is 12.5. The quantitative estimate of drug-likeness (QED) is 0.871. The van der Waals surface area contributed by atoms with Crippen molar-refractivity contribution in [2.24, 2.45) is 0 Å². The summed E-state index contributed by atoms with van der Waals surface area (Å²) >= 11 is 0. The smallest absolute Gasteiger partial charge is 0.0626 e. The summed E-state index contributed by atoms with van der Waals surface area (Å²) in [6, 6.07) is 14.6. The maximum atomic E-state index is 9.71. The van der Waals surface area contributed by atoms with Crippen molar-refractivity contribution in [3.8, 4) is 0 Å². The third kappa shape index (κ3) is 3.47. The van der Waals surface area contributed by atoms with E-state index >= 15 is 0 Å². The standard InChI is InChI=1S/C18H23NO/c1-13-9-14(2)18(15(3)10-13)17(12-20)19-11-16-7-5-4-6-8-16/h4-10,17,19-20H,11-12H2,1-3H3. The number of aliphatic hydroxyl groups is 1. The zero-order chi connectivity index (χ0) is 14.5. The molecule has 0 spiro atoms. The summed E-state index contributed by atoms with van der Waals surface area (Å²) < 4.78 is 0. The van der Waals surface area contributed by atoms with Gasteiger partial charge in [0.15, 0.2) is 0 Å². The van der Waals surface area contributed by atoms with Gasteiger partial charge in [-0.15, -0.1) is 0 Å². The average Bonchev–Trinajstić information content (AvgIpc) is 2.42. The molecule has 0 amide bonds. The zero-order valence-corrected chi connectivity index (χ0v) is 12.5. The van der Waals surface area contributed by atoms with E-state index in [-0.39, 0.29) is 12.6 Å². The summed E-state index contributed by atoms with van der Waals surface area (Å²) in [6.07, 6.45) is 0. The fraction of sp³-hybridized carbons (Fsp3) is 0.333. The second kappa shape index (κ2) is 6.69. The molecule has 2 aromatic rings. The fourth-order valence-electron chi connectivity index (χ4n) is 2.84. The number of benzene rings is 2. The molecule has 106 valence electrons. The lowest BCUT2D eigenvalue weighted by atomic mass is 9.94. The van der Waals surface area contributed by atoms with Crippen LogP contribution in [0, 0.1) is 20.8 Å². The molecule has 1 atom stereocenters. The molecule has 2 N–H and O–H groups in total. The van der Waals surface area contributed by atoms with Crippen LogP contribution in [0.2, 0.25) is 0 Å². The van der Waals surface area contributed by atoms with Gasteiger partial charge in [0.05, 0.1) is 12.6 Å². The van der Waals surface area contributed by atoms with Gasteiger partial charge in [-0.2, -0.15) is 0 Å². The lowest BCUT2D eigenvalue weighted by molar-refractivity contribution is 0.243. The van der Waals surface area contributed by atoms with Crippen LogP contribution in [0.15, 0.2) is 42.5 Å². The molecule has 20 heavy (non-hydrogen) atoms. The number of hydrogen-bond donors (Lipinski definition) is 2. The largest absolute Gasteiger partial charge is 0.394 e. The topological polar surface area (TPSA) is 32.3 Å². The van der Waals surface area contributed by atoms with Gasteiger partial charge in [-0.1, -0.05) is 48.0 Å². The number of nitrogens with one attached hydrogen (secondary N) is 1. The van der Waals surface area contributed by atoms with E-state index in [4.69, 9.17) is 0 Å². The average molecular weight is 269 g/mol. The van der Waals surface area contributed by atoms with Crippen molar-refractivity contribution in [2.75, 3.05) is 6.61 Å². The van der Waals surface area contributed by atoms with Gasteiger partial charge in [0, 0.05) is 6.54 Å². The fourth-order valence-corrected chi connectivity index (χ4v) is 2.84. The Morgan fingerprint density at radius 3 is 2.15 bits per heavy atom. The molecule has 2 aromatic carbocycles. The van der Waals surface area contributed by atoms with Gasteiger partial charge >= 0.3 is 0 Å². The molecular weight excluding hydrogens is 246 g/mol. The van der Waals surface area contributed by atoms with E-state index in [0.29, 0.717) is 0 Å². The molecule has 2 rings (SSSR count). The molecule has 0 aliphatic carbocycles. The maximum absolute atomic E-state index is 9.71. The first-order chi connectivity index (χ1) is 9.61. The molecule has 0 aliphatic rings. The van der Waals surface area contributed by atoms with Crippen LogP contribution in [0.25, 0.3) is 0 Å². The van der Waals surface area contributed by atoms with Crippen molar-refractivity contribution in [3.63, 3.8) is 0 Å². The summed E-state index contributed by atoms with van der Waals surface area (Å²) in [5.74, 6) is 0. The Morgan fingerprint density at radius 2 is 1.60 bits per heavy atom. The summed E-state index contributed by atoms with van der Waals surface area (Å²) in [6.45, 7) is 7.20. The first-order valence-electron chi connectivity index (χ1n) is 7.07. The Kier molecular flexibility index (Phi) is 4.94. The minimum absolute atomic E-state index is 0.0178. The predicted molar refractivity (Wildman–Crippen MR) is 83.8 cm³/mol. The predicted octanol–water partition coefficient (Wildman–Crippen LogP) is 3.44. The van der Waals surface area contributed by atoms with Crippen LogP contribution in [-0.2, 0) is 6.54 Å². The molecule has 2 nitrogen and oxygen atoms in total. The molecular formula is C18H23NO. The van der Waals surface area contributed by atoms with Gasteiger partial charge < -0.3 is 10.4 Å². The normalized spacial score (nSPS) is 12.4. The highest BCUT2D eigenvalue weighted by Gasteiger charge is 2.15. The van der Waals surface area contributed by atoms with Crippen molar-refractivity contribution in [1.29, 1.82) is 0 Å². The van der Waals surface area contributed by atoms with Gasteiger partial charge in [0.1, 0.15) is 0 Å². The van der Waals surface area contributed by atoms with Crippen molar-refractivity contribution in [2.45, 2.75) is 33.4 Å². The summed E-state index contributed by atoms with van der Waals surface area (Å²) in [7, 11) is 0. The molecule has 2 heteroatoms. The lowest BCUT2D eigenvalue weighted by Crippen LogP contribution is -2.25. The molecule has 0 fully saturated rings. The minimum Gasteiger partial charge on any atom is -0.394 e. The molecule has 0 bridgehead atoms. The third-order valence-electron chi connectivity index (χ3n) is 3.66. The van der Waals surface area contributed by atoms with Crippen LogP contribution < -0.4 is 5.32 Å². The van der Waals surface area contributed by atoms with E-state index in [9.17, 15) is 5.11 Å². The van der Waals surface area contributed by atoms with E-state index in [2.05, 4.69) is 50.4 Å². The Hall–Kier alpha value is -1.64. The summed E-state index contributed by atoms with van der Waals surface area (Å²) in [5, 5.41) is 13.2. The van der Waals surface area contributed by atoms with E-state index in [1.54, 1.807) is 0 Å². The van der Waals surface area contributed by atoms with Crippen LogP contribution in [-0.4, -0.2) is 11.7 Å². The second-order valence-electron chi connectivity index (χ2n) is 5.41. The number of aryl methyl sites for hydroxylation is 3. The molecule has 0 saturated heterocycles. The van der Waals surface area contributed by atoms with Gasteiger partial charge in [-0.05, 0) is 43.0 Å². The molecule has 0 saturated carbocycles. The van der Waals surface area contributed by atoms with Gasteiger partial charge in [-0.3, -0.25) is 0 Å². The Balaban J connectivity index is 2.17. The van der Waals surface area contributed by atoms with E-state index in [1.165, 1.54) is 27.8 Å². The SMILES string of the molecule is Cc1cc(C)c(C(CO)NCc2ccccc2)c(C)c1. The number of aliphatic hydroxyl groups excluding tert-OH is 1. The highest BCUT2D eigenvalue weighted by Crippen LogP contribution is 2.23. The van der Waals surface area contributed by atoms with Crippen LogP contribution in [0.4, 0.5) is 0 Å². The molecule has 0 aromatic heterocycles. The lowest BCUT2D eigenvalue weighted by Gasteiger charge is -2.22. The van der Waals surface area contributed by atoms with E-state index in [0.717, 1.165) is 6.54 Å². The molecule has 0 radical (unpaired) electrons. The van der Waals surface area contributed by atoms with Crippen LogP contribution in [0.3, 0.4) is 0 Å². The first-order valence-corrected chi connectivity index (χ1v) is 7.07. The Labute approximate surface area is 121 Å². The first kappa shape index (κ1) is 14.8. The molecule has 0 aliphatic heterocycles. The van der Waals surface area contributed by atoms with E-state index < -0.39 is 0 Å². The molecule has 0 heterocycles. The van der Waals surface area contributed by atoms with Crippen molar-refractivity contribution in [3.05, 3.63) is 70.3 Å². The molecule has 1 unspecified atom stereocenters. The highest BCUT2D eigenvalue weighted by atomic mass is 16.3. The third-order valence-corrected chi connectivity index (χ3v) is 3.66. The van der Waals surface area contributed by atoms with Crippen molar-refractivity contribution < 1.29 is 5.11 Å². The van der Waals surface area contributed by atoms with Gasteiger partial charge in [0.2, 0.25) is 0 Å². The second-order valence-corrected chi connectivity index (χ2v) is 5.41. The van der Waals surface area contributed by atoms with Crippen LogP contribution in [0.5, 0.6) is 0 Å². The number of hydrogen-bond acceptors (Lipinski definition) is 2. The summed E-state index contributed by atoms with van der Waals surface area (Å²) in [5.41, 5.74) is 6.19. The van der Waals surface area contributed by atoms with Crippen molar-refractivity contribution >= 4 is 0 Å². The number of rotatable bonds is 5. The Morgan fingerprint density at radius 1 is 1.00 bits per heavy atom. The van der Waals surface area contributed by atoms with Crippen molar-refractivity contribution in [1.82, 2.24) is 5.32 Å². The van der Waals surface area contributed by atoms with Crippen LogP contribution >= 0.6 is 0 Å². The monoisotopic (exact) mass is 269 g/mol. The van der Waals surface area contributed by atoms with Crippen LogP contribution in [0.1, 0.15) is 33.9 Å². The highest BCUT2D eigenvalue weighted by molar-refractivity contribution is 5.39. The van der Waals surface area contributed by atoms with E-state index in [1.807, 2.05) is 18.2 Å². The summed E-state index contributed by atoms with van der Waals surface area (Å²) in [4.78, 5) is 0.